The van der Waals surface area contributed by atoms with Crippen molar-refractivity contribution in [3.8, 4) is 11.6 Å². The van der Waals surface area contributed by atoms with Crippen molar-refractivity contribution in [2.45, 2.75) is 63.8 Å². The Morgan fingerprint density at radius 1 is 1.05 bits per heavy atom. The number of anilines is 2. The molecule has 3 saturated carbocycles. The van der Waals surface area contributed by atoms with Crippen molar-refractivity contribution in [1.29, 1.82) is 0 Å². The van der Waals surface area contributed by atoms with Gasteiger partial charge < -0.3 is 20.7 Å². The fourth-order valence-electron chi connectivity index (χ4n) is 5.00. The molecule has 0 aliphatic heterocycles. The standard InChI is InChI=1S/C28H31FN6O3/c1-17(30-19-5-3-2-4-6-19)28(13-14-28)27(37)31-20-9-10-22(21(29)15-20)38-25-12-11-24-32-23(16-35(24)34-25)33-26(36)18-7-8-18/h9-12,15-16,18-19,30H,1-8,13-14H2,(H,31,37)(H,33,36). The zero-order valence-corrected chi connectivity index (χ0v) is 21.1. The summed E-state index contributed by atoms with van der Waals surface area (Å²) < 4.78 is 22.0. The second-order valence-corrected chi connectivity index (χ2v) is 10.6. The van der Waals surface area contributed by atoms with Gasteiger partial charge in [0.05, 0.1) is 11.6 Å². The number of aromatic nitrogens is 3. The quantitative estimate of drug-likeness (QED) is 0.361. The predicted molar refractivity (Wildman–Crippen MR) is 140 cm³/mol. The minimum atomic E-state index is -0.635. The number of carbonyl (C=O) groups excluding carboxylic acids is 2. The van der Waals surface area contributed by atoms with E-state index in [2.05, 4.69) is 32.6 Å². The molecule has 0 unspecified atom stereocenters. The van der Waals surface area contributed by atoms with E-state index < -0.39 is 11.2 Å². The molecule has 3 N–H and O–H groups in total. The number of halogens is 1. The van der Waals surface area contributed by atoms with Gasteiger partial charge in [-0.25, -0.2) is 13.9 Å². The van der Waals surface area contributed by atoms with Crippen molar-refractivity contribution in [2.75, 3.05) is 10.6 Å². The number of imidazole rings is 1. The largest absolute Gasteiger partial charge is 0.434 e. The SMILES string of the molecule is C=C(NC1CCCCC1)C1(C(=O)Nc2ccc(Oc3ccc4nc(NC(=O)C5CC5)cn4n3)c(F)c2)CC1. The number of rotatable bonds is 9. The summed E-state index contributed by atoms with van der Waals surface area (Å²) in [5.74, 6) is -0.240. The minimum Gasteiger partial charge on any atom is -0.434 e. The maximum atomic E-state index is 14.9. The summed E-state index contributed by atoms with van der Waals surface area (Å²) in [6, 6.07) is 7.92. The first kappa shape index (κ1) is 24.4. The Kier molecular flexibility index (Phi) is 6.25. The second-order valence-electron chi connectivity index (χ2n) is 10.6. The summed E-state index contributed by atoms with van der Waals surface area (Å²) in [5.41, 5.74) is 1.00. The second kappa shape index (κ2) is 9.74. The Labute approximate surface area is 219 Å². The van der Waals surface area contributed by atoms with Gasteiger partial charge in [0.25, 0.3) is 0 Å². The summed E-state index contributed by atoms with van der Waals surface area (Å²) in [6.45, 7) is 4.17. The van der Waals surface area contributed by atoms with Crippen molar-refractivity contribution in [1.82, 2.24) is 19.9 Å². The van der Waals surface area contributed by atoms with E-state index in [1.54, 1.807) is 24.4 Å². The third-order valence-electron chi connectivity index (χ3n) is 7.65. The molecule has 0 saturated heterocycles. The normalized spacial score (nSPS) is 18.6. The van der Waals surface area contributed by atoms with Crippen LogP contribution < -0.4 is 20.7 Å². The average Bonchev–Trinajstić information content (AvgIpc) is 3.82. The highest BCUT2D eigenvalue weighted by Crippen LogP contribution is 2.51. The molecule has 0 spiro atoms. The van der Waals surface area contributed by atoms with Crippen LogP contribution in [0.4, 0.5) is 15.9 Å². The summed E-state index contributed by atoms with van der Waals surface area (Å²) >= 11 is 0. The number of ether oxygens (including phenoxy) is 1. The van der Waals surface area contributed by atoms with Gasteiger partial charge in [0.2, 0.25) is 17.7 Å². The highest BCUT2D eigenvalue weighted by Gasteiger charge is 2.52. The molecular formula is C28H31FN6O3. The molecular weight excluding hydrogens is 487 g/mol. The Morgan fingerprint density at radius 2 is 1.84 bits per heavy atom. The fraction of sp³-hybridized carbons (Fsp3) is 0.429. The van der Waals surface area contributed by atoms with Gasteiger partial charge in [0.1, 0.15) is 0 Å². The van der Waals surface area contributed by atoms with E-state index in [1.807, 2.05) is 0 Å². The van der Waals surface area contributed by atoms with E-state index in [0.29, 0.717) is 23.2 Å². The molecule has 198 valence electrons. The molecule has 10 heteroatoms. The van der Waals surface area contributed by atoms with E-state index in [9.17, 15) is 14.0 Å². The molecule has 3 aromatic rings. The highest BCUT2D eigenvalue weighted by molar-refractivity contribution is 5.99. The lowest BCUT2D eigenvalue weighted by Gasteiger charge is -2.28. The summed E-state index contributed by atoms with van der Waals surface area (Å²) in [5, 5.41) is 13.4. The maximum Gasteiger partial charge on any atom is 0.237 e. The Hall–Kier alpha value is -3.95. The summed E-state index contributed by atoms with van der Waals surface area (Å²) in [6.07, 6.45) is 10.7. The third-order valence-corrected chi connectivity index (χ3v) is 7.65. The molecule has 38 heavy (non-hydrogen) atoms. The van der Waals surface area contributed by atoms with Crippen LogP contribution in [0.2, 0.25) is 0 Å². The van der Waals surface area contributed by atoms with Gasteiger partial charge in [-0.05, 0) is 56.7 Å². The number of amides is 2. The van der Waals surface area contributed by atoms with Gasteiger partial charge >= 0.3 is 0 Å². The number of nitrogens with zero attached hydrogens (tertiary/aromatic N) is 3. The number of carbonyl (C=O) groups is 2. The Morgan fingerprint density at radius 3 is 2.55 bits per heavy atom. The molecule has 0 bridgehead atoms. The van der Waals surface area contributed by atoms with Crippen LogP contribution in [-0.4, -0.2) is 32.5 Å². The zero-order valence-electron chi connectivity index (χ0n) is 21.1. The molecule has 2 amide bonds. The lowest BCUT2D eigenvalue weighted by atomic mass is 9.93. The molecule has 3 fully saturated rings. The van der Waals surface area contributed by atoms with Crippen molar-refractivity contribution < 1.29 is 18.7 Å². The van der Waals surface area contributed by atoms with Crippen LogP contribution >= 0.6 is 0 Å². The topological polar surface area (TPSA) is 110 Å². The lowest BCUT2D eigenvalue weighted by molar-refractivity contribution is -0.120. The van der Waals surface area contributed by atoms with Crippen molar-refractivity contribution in [3.05, 3.63) is 54.6 Å². The minimum absolute atomic E-state index is 0.0262. The van der Waals surface area contributed by atoms with Gasteiger partial charge in [-0.2, -0.15) is 0 Å². The predicted octanol–water partition coefficient (Wildman–Crippen LogP) is 5.16. The molecule has 1 aromatic carbocycles. The molecule has 2 heterocycles. The Balaban J connectivity index is 1.09. The van der Waals surface area contributed by atoms with Gasteiger partial charge in [0.15, 0.2) is 23.0 Å². The molecule has 6 rings (SSSR count). The highest BCUT2D eigenvalue weighted by atomic mass is 19.1. The first-order valence-corrected chi connectivity index (χ1v) is 13.3. The number of benzene rings is 1. The lowest BCUT2D eigenvalue weighted by Crippen LogP contribution is -2.37. The van der Waals surface area contributed by atoms with Gasteiger partial charge in [0, 0.05) is 35.5 Å². The van der Waals surface area contributed by atoms with Crippen LogP contribution in [0, 0.1) is 17.2 Å². The molecule has 3 aliphatic rings. The molecule has 9 nitrogen and oxygen atoms in total. The zero-order chi connectivity index (χ0) is 26.3. The van der Waals surface area contributed by atoms with Crippen molar-refractivity contribution in [3.63, 3.8) is 0 Å². The van der Waals surface area contributed by atoms with Gasteiger partial charge in [-0.15, -0.1) is 5.10 Å². The third kappa shape index (κ3) is 5.07. The monoisotopic (exact) mass is 518 g/mol. The van der Waals surface area contributed by atoms with E-state index in [4.69, 9.17) is 4.74 Å². The Bertz CT molecular complexity index is 1400. The number of hydrogen-bond acceptors (Lipinski definition) is 6. The maximum absolute atomic E-state index is 14.9. The van der Waals surface area contributed by atoms with Crippen LogP contribution in [0.1, 0.15) is 57.8 Å². The number of fused-ring (bicyclic) bond motifs is 1. The van der Waals surface area contributed by atoms with Crippen LogP contribution in [0.5, 0.6) is 11.6 Å². The van der Waals surface area contributed by atoms with E-state index in [1.165, 1.54) is 35.9 Å². The van der Waals surface area contributed by atoms with Crippen molar-refractivity contribution in [2.24, 2.45) is 11.3 Å². The number of nitrogens with one attached hydrogen (secondary N) is 3. The molecule has 3 aliphatic carbocycles. The summed E-state index contributed by atoms with van der Waals surface area (Å²) in [4.78, 5) is 29.4. The van der Waals surface area contributed by atoms with Crippen molar-refractivity contribution >= 4 is 29.0 Å². The smallest absolute Gasteiger partial charge is 0.237 e. The van der Waals surface area contributed by atoms with E-state index >= 15 is 0 Å². The van der Waals surface area contributed by atoms with Crippen LogP contribution in [-0.2, 0) is 9.59 Å². The first-order chi connectivity index (χ1) is 18.4. The van der Waals surface area contributed by atoms with Gasteiger partial charge in [-0.3, -0.25) is 9.59 Å². The summed E-state index contributed by atoms with van der Waals surface area (Å²) in [7, 11) is 0. The molecule has 0 radical (unpaired) electrons. The number of hydrogen-bond donors (Lipinski definition) is 3. The molecule has 2 aromatic heterocycles. The average molecular weight is 519 g/mol. The van der Waals surface area contributed by atoms with Gasteiger partial charge in [-0.1, -0.05) is 25.8 Å². The van der Waals surface area contributed by atoms with Crippen LogP contribution in [0.3, 0.4) is 0 Å². The fourth-order valence-corrected chi connectivity index (χ4v) is 5.00. The van der Waals surface area contributed by atoms with Crippen LogP contribution in [0.15, 0.2) is 48.8 Å². The van der Waals surface area contributed by atoms with Crippen LogP contribution in [0.25, 0.3) is 5.65 Å². The van der Waals surface area contributed by atoms with E-state index in [-0.39, 0.29) is 29.4 Å². The first-order valence-electron chi connectivity index (χ1n) is 13.3. The molecule has 0 atom stereocenters. The van der Waals surface area contributed by atoms with E-state index in [0.717, 1.165) is 44.2 Å².